The summed E-state index contributed by atoms with van der Waals surface area (Å²) in [6, 6.07) is 3.06. The number of pyridine rings is 1. The van der Waals surface area contributed by atoms with Crippen LogP contribution in [0.15, 0.2) is 23.1 Å². The van der Waals surface area contributed by atoms with E-state index in [0.717, 1.165) is 0 Å². The van der Waals surface area contributed by atoms with Gasteiger partial charge in [0.25, 0.3) is 11.5 Å². The summed E-state index contributed by atoms with van der Waals surface area (Å²) in [7, 11) is 0. The van der Waals surface area contributed by atoms with E-state index in [1.165, 1.54) is 6.07 Å². The molecule has 1 amide bonds. The molecule has 0 aromatic carbocycles. The molecule has 0 aliphatic carbocycles. The maximum absolute atomic E-state index is 13.2. The number of rotatable bonds is 2. The van der Waals surface area contributed by atoms with Gasteiger partial charge in [0.05, 0.1) is 18.8 Å². The van der Waals surface area contributed by atoms with E-state index < -0.39 is 5.60 Å². The first-order valence-electron chi connectivity index (χ1n) is 9.44. The number of aromatic nitrogens is 1. The fourth-order valence-electron chi connectivity index (χ4n) is 4.76. The van der Waals surface area contributed by atoms with Gasteiger partial charge in [-0.15, -0.1) is 0 Å². The van der Waals surface area contributed by atoms with Gasteiger partial charge in [0.1, 0.15) is 0 Å². The predicted molar refractivity (Wildman–Crippen MR) is 94.0 cm³/mol. The molecule has 1 N–H and O–H groups in total. The lowest BCUT2D eigenvalue weighted by Crippen LogP contribution is -2.68. The highest BCUT2D eigenvalue weighted by Gasteiger charge is 2.56. The van der Waals surface area contributed by atoms with Crippen LogP contribution in [-0.4, -0.2) is 65.1 Å². The molecule has 4 rings (SSSR count). The van der Waals surface area contributed by atoms with Crippen LogP contribution in [0.1, 0.15) is 30.1 Å². The highest BCUT2D eigenvalue weighted by Crippen LogP contribution is 2.44. The molecule has 1 aromatic rings. The minimum atomic E-state index is -0.842. The van der Waals surface area contributed by atoms with Crippen molar-refractivity contribution < 1.29 is 19.4 Å². The van der Waals surface area contributed by atoms with Crippen molar-refractivity contribution in [3.05, 3.63) is 34.2 Å². The first-order chi connectivity index (χ1) is 12.5. The highest BCUT2D eigenvalue weighted by molar-refractivity contribution is 5.94. The van der Waals surface area contributed by atoms with E-state index in [9.17, 15) is 14.7 Å². The number of carbonyl (C=O) groups excluding carboxylic acids is 1. The smallest absolute Gasteiger partial charge is 0.254 e. The van der Waals surface area contributed by atoms with Crippen molar-refractivity contribution in [1.29, 1.82) is 0 Å². The van der Waals surface area contributed by atoms with E-state index in [4.69, 9.17) is 9.47 Å². The van der Waals surface area contributed by atoms with Crippen molar-refractivity contribution in [2.45, 2.75) is 38.0 Å². The second-order valence-corrected chi connectivity index (χ2v) is 7.55. The summed E-state index contributed by atoms with van der Waals surface area (Å²) in [5.41, 5.74) is -0.602. The molecule has 0 radical (unpaired) electrons. The lowest BCUT2D eigenvalue weighted by atomic mass is 9.66. The molecule has 26 heavy (non-hydrogen) atoms. The van der Waals surface area contributed by atoms with Gasteiger partial charge in [0.2, 0.25) is 0 Å². The van der Waals surface area contributed by atoms with Crippen LogP contribution < -0.4 is 5.56 Å². The Morgan fingerprint density at radius 1 is 1.35 bits per heavy atom. The van der Waals surface area contributed by atoms with Crippen LogP contribution in [0.3, 0.4) is 0 Å². The summed E-state index contributed by atoms with van der Waals surface area (Å²) in [4.78, 5) is 27.2. The largest absolute Gasteiger partial charge is 0.389 e. The maximum atomic E-state index is 13.2. The van der Waals surface area contributed by atoms with Gasteiger partial charge in [-0.1, -0.05) is 0 Å². The van der Waals surface area contributed by atoms with Gasteiger partial charge >= 0.3 is 0 Å². The Kier molecular flexibility index (Phi) is 4.62. The first-order valence-corrected chi connectivity index (χ1v) is 9.44. The lowest BCUT2D eigenvalue weighted by Gasteiger charge is -2.57. The number of likely N-dealkylation sites (tertiary alicyclic amines) is 1. The minimum Gasteiger partial charge on any atom is -0.389 e. The summed E-state index contributed by atoms with van der Waals surface area (Å²) in [6.07, 6.45) is 2.95. The third-order valence-electron chi connectivity index (χ3n) is 6.30. The molecular formula is C19H26N2O5. The van der Waals surface area contributed by atoms with Crippen molar-refractivity contribution in [2.75, 3.05) is 33.0 Å². The number of hydrogen-bond donors (Lipinski definition) is 1. The summed E-state index contributed by atoms with van der Waals surface area (Å²) in [6.45, 7) is 4.95. The molecule has 3 aliphatic rings. The summed E-state index contributed by atoms with van der Waals surface area (Å²) in [5.74, 6) is -0.382. The lowest BCUT2D eigenvalue weighted by molar-refractivity contribution is -0.212. The van der Waals surface area contributed by atoms with Crippen molar-refractivity contribution in [2.24, 2.45) is 11.8 Å². The number of ether oxygens (including phenoxy) is 2. The Morgan fingerprint density at radius 2 is 2.15 bits per heavy atom. The maximum Gasteiger partial charge on any atom is 0.254 e. The monoisotopic (exact) mass is 362 g/mol. The average Bonchev–Trinajstić information content (AvgIpc) is 2.67. The molecule has 3 fully saturated rings. The zero-order valence-electron chi connectivity index (χ0n) is 15.1. The molecule has 3 aliphatic heterocycles. The second-order valence-electron chi connectivity index (χ2n) is 7.55. The topological polar surface area (TPSA) is 81.0 Å². The Morgan fingerprint density at radius 3 is 2.92 bits per heavy atom. The van der Waals surface area contributed by atoms with Crippen LogP contribution in [0.5, 0.6) is 0 Å². The van der Waals surface area contributed by atoms with E-state index in [1.54, 1.807) is 16.8 Å². The van der Waals surface area contributed by atoms with E-state index in [1.807, 2.05) is 11.8 Å². The number of aliphatic hydroxyl groups is 1. The number of piperidine rings is 1. The van der Waals surface area contributed by atoms with Crippen molar-refractivity contribution in [3.8, 4) is 0 Å². The number of nitrogens with zero attached hydrogens (tertiary/aromatic N) is 2. The Hall–Kier alpha value is -1.70. The van der Waals surface area contributed by atoms with Crippen LogP contribution in [0, 0.1) is 11.8 Å². The molecule has 3 saturated heterocycles. The van der Waals surface area contributed by atoms with E-state index in [2.05, 4.69) is 0 Å². The van der Waals surface area contributed by atoms with Gasteiger partial charge in [0, 0.05) is 68.4 Å². The fourth-order valence-corrected chi connectivity index (χ4v) is 4.76. The normalized spacial score (nSPS) is 34.1. The third kappa shape index (κ3) is 2.78. The Bertz CT molecular complexity index is 748. The SMILES string of the molecule is CCn1ccc(C(=O)N2C[C@@H]3COCC[C@]3(O)[C@H]3COCC[C@H]32)cc1=O. The molecular weight excluding hydrogens is 336 g/mol. The zero-order valence-corrected chi connectivity index (χ0v) is 15.1. The van der Waals surface area contributed by atoms with E-state index in [-0.39, 0.29) is 29.3 Å². The van der Waals surface area contributed by atoms with Gasteiger partial charge in [-0.25, -0.2) is 0 Å². The molecule has 7 heteroatoms. The molecule has 4 atom stereocenters. The number of hydrogen-bond acceptors (Lipinski definition) is 5. The average molecular weight is 362 g/mol. The number of carbonyl (C=O) groups is 1. The number of fused-ring (bicyclic) bond motifs is 3. The van der Waals surface area contributed by atoms with Crippen molar-refractivity contribution in [3.63, 3.8) is 0 Å². The fraction of sp³-hybridized carbons (Fsp3) is 0.684. The van der Waals surface area contributed by atoms with Gasteiger partial charge in [-0.05, 0) is 19.4 Å². The van der Waals surface area contributed by atoms with Gasteiger partial charge in [-0.2, -0.15) is 0 Å². The first kappa shape index (κ1) is 17.7. The second kappa shape index (κ2) is 6.79. The quantitative estimate of drug-likeness (QED) is 0.829. The standard InChI is InChI=1S/C19H26N2O5/c1-2-20-6-3-13(9-17(20)22)18(23)21-10-14-11-26-8-5-19(14,24)15-12-25-7-4-16(15)21/h3,6,9,14-16,24H,2,4-5,7-8,10-12H2,1H3/t14-,15+,16-,19-/m1/s1. The van der Waals surface area contributed by atoms with Gasteiger partial charge in [0.15, 0.2) is 0 Å². The molecule has 0 bridgehead atoms. The van der Waals surface area contributed by atoms with Crippen molar-refractivity contribution >= 4 is 5.91 Å². The molecule has 1 aromatic heterocycles. The van der Waals surface area contributed by atoms with Gasteiger partial charge < -0.3 is 24.0 Å². The molecule has 0 unspecified atom stereocenters. The summed E-state index contributed by atoms with van der Waals surface area (Å²) in [5, 5.41) is 11.3. The Labute approximate surface area is 152 Å². The van der Waals surface area contributed by atoms with Crippen LogP contribution in [-0.2, 0) is 16.0 Å². The Balaban J connectivity index is 1.66. The molecule has 142 valence electrons. The molecule has 4 heterocycles. The summed E-state index contributed by atoms with van der Waals surface area (Å²) < 4.78 is 12.8. The summed E-state index contributed by atoms with van der Waals surface area (Å²) >= 11 is 0. The number of aryl methyl sites for hydroxylation is 1. The number of amides is 1. The molecule has 7 nitrogen and oxygen atoms in total. The van der Waals surface area contributed by atoms with Crippen LogP contribution in [0.25, 0.3) is 0 Å². The van der Waals surface area contributed by atoms with Crippen LogP contribution in [0.4, 0.5) is 0 Å². The zero-order chi connectivity index (χ0) is 18.3. The van der Waals surface area contributed by atoms with Crippen LogP contribution >= 0.6 is 0 Å². The molecule has 0 saturated carbocycles. The predicted octanol–water partition coefficient (Wildman–Crippen LogP) is 0.497. The van der Waals surface area contributed by atoms with E-state index >= 15 is 0 Å². The van der Waals surface area contributed by atoms with E-state index in [0.29, 0.717) is 57.9 Å². The highest BCUT2D eigenvalue weighted by atomic mass is 16.5. The minimum absolute atomic E-state index is 0.0655. The van der Waals surface area contributed by atoms with Crippen molar-refractivity contribution in [1.82, 2.24) is 9.47 Å². The molecule has 0 spiro atoms. The van der Waals surface area contributed by atoms with Gasteiger partial charge in [-0.3, -0.25) is 9.59 Å². The van der Waals surface area contributed by atoms with Crippen LogP contribution in [0.2, 0.25) is 0 Å². The third-order valence-corrected chi connectivity index (χ3v) is 6.30.